The van der Waals surface area contributed by atoms with Crippen LogP contribution in [0.15, 0.2) is 36.4 Å². The molecule has 0 saturated heterocycles. The smallest absolute Gasteiger partial charge is 0.338 e. The normalized spacial score (nSPS) is 10.1. The fraction of sp³-hybridized carbons (Fsp3) is 0.263. The number of hydrogen-bond acceptors (Lipinski definition) is 5. The summed E-state index contributed by atoms with van der Waals surface area (Å²) in [4.78, 5) is 24.1. The molecule has 2 rings (SSSR count). The number of anilines is 1. The molecule has 25 heavy (non-hydrogen) atoms. The summed E-state index contributed by atoms with van der Waals surface area (Å²) in [7, 11) is 2.97. The number of rotatable bonds is 6. The molecule has 0 aliphatic carbocycles. The molecule has 2 aromatic rings. The maximum Gasteiger partial charge on any atom is 0.338 e. The van der Waals surface area contributed by atoms with E-state index in [1.165, 1.54) is 26.4 Å². The van der Waals surface area contributed by atoms with Gasteiger partial charge in [0, 0.05) is 11.8 Å². The van der Waals surface area contributed by atoms with E-state index in [2.05, 4.69) is 5.32 Å². The highest BCUT2D eigenvalue weighted by Crippen LogP contribution is 2.23. The molecular weight excluding hydrogens is 322 g/mol. The van der Waals surface area contributed by atoms with Gasteiger partial charge in [0.15, 0.2) is 6.61 Å². The van der Waals surface area contributed by atoms with Crippen molar-refractivity contribution in [3.8, 4) is 11.5 Å². The first-order valence-corrected chi connectivity index (χ1v) is 7.69. The Labute approximate surface area is 146 Å². The van der Waals surface area contributed by atoms with Crippen molar-refractivity contribution in [3.63, 3.8) is 0 Å². The van der Waals surface area contributed by atoms with Crippen molar-refractivity contribution in [1.82, 2.24) is 0 Å². The highest BCUT2D eigenvalue weighted by molar-refractivity contribution is 5.96. The van der Waals surface area contributed by atoms with Gasteiger partial charge in [0.25, 0.3) is 5.91 Å². The molecular formula is C19H21NO5. The summed E-state index contributed by atoms with van der Waals surface area (Å²) in [5.41, 5.74) is 2.99. The second-order valence-corrected chi connectivity index (χ2v) is 5.60. The van der Waals surface area contributed by atoms with Gasteiger partial charge in [0.1, 0.15) is 11.5 Å². The van der Waals surface area contributed by atoms with Crippen molar-refractivity contribution in [3.05, 3.63) is 53.1 Å². The van der Waals surface area contributed by atoms with Crippen LogP contribution in [0.2, 0.25) is 0 Å². The predicted octanol–water partition coefficient (Wildman–Crippen LogP) is 3.12. The fourth-order valence-electron chi connectivity index (χ4n) is 2.38. The Morgan fingerprint density at radius 2 is 1.44 bits per heavy atom. The molecule has 0 aliphatic heterocycles. The highest BCUT2D eigenvalue weighted by Gasteiger charge is 2.13. The minimum atomic E-state index is -0.632. The first kappa shape index (κ1) is 18.3. The largest absolute Gasteiger partial charge is 0.497 e. The average molecular weight is 343 g/mol. The van der Waals surface area contributed by atoms with Gasteiger partial charge in [0.05, 0.1) is 19.8 Å². The molecule has 2 aromatic carbocycles. The van der Waals surface area contributed by atoms with Gasteiger partial charge >= 0.3 is 5.97 Å². The second kappa shape index (κ2) is 8.19. The number of hydrogen-bond donors (Lipinski definition) is 1. The summed E-state index contributed by atoms with van der Waals surface area (Å²) in [6.45, 7) is 3.50. The van der Waals surface area contributed by atoms with Crippen LogP contribution in [0.25, 0.3) is 0 Å². The molecule has 0 aromatic heterocycles. The molecule has 0 heterocycles. The van der Waals surface area contributed by atoms with Crippen LogP contribution in [0.1, 0.15) is 21.5 Å². The second-order valence-electron chi connectivity index (χ2n) is 5.60. The quantitative estimate of drug-likeness (QED) is 0.816. The van der Waals surface area contributed by atoms with Crippen molar-refractivity contribution < 1.29 is 23.8 Å². The lowest BCUT2D eigenvalue weighted by Gasteiger charge is -2.10. The van der Waals surface area contributed by atoms with Crippen LogP contribution >= 0.6 is 0 Å². The van der Waals surface area contributed by atoms with Crippen LogP contribution in [0.3, 0.4) is 0 Å². The molecule has 0 atom stereocenters. The van der Waals surface area contributed by atoms with Crippen molar-refractivity contribution >= 4 is 17.6 Å². The van der Waals surface area contributed by atoms with Crippen LogP contribution in [0.4, 0.5) is 5.69 Å². The zero-order valence-electron chi connectivity index (χ0n) is 14.7. The number of esters is 1. The van der Waals surface area contributed by atoms with Crippen molar-refractivity contribution in [1.29, 1.82) is 0 Å². The third-order valence-corrected chi connectivity index (χ3v) is 3.43. The van der Waals surface area contributed by atoms with Crippen molar-refractivity contribution in [2.45, 2.75) is 13.8 Å². The summed E-state index contributed by atoms with van der Waals surface area (Å²) in [5, 5.41) is 2.71. The molecule has 0 radical (unpaired) electrons. The number of ether oxygens (including phenoxy) is 3. The van der Waals surface area contributed by atoms with E-state index in [4.69, 9.17) is 14.2 Å². The van der Waals surface area contributed by atoms with Gasteiger partial charge in [-0.25, -0.2) is 4.79 Å². The molecule has 1 amide bonds. The lowest BCUT2D eigenvalue weighted by Crippen LogP contribution is -2.21. The van der Waals surface area contributed by atoms with Gasteiger partial charge in [-0.05, 0) is 49.2 Å². The van der Waals surface area contributed by atoms with Gasteiger partial charge < -0.3 is 19.5 Å². The topological polar surface area (TPSA) is 73.9 Å². The van der Waals surface area contributed by atoms with Gasteiger partial charge in [-0.15, -0.1) is 0 Å². The minimum absolute atomic E-state index is 0.246. The van der Waals surface area contributed by atoms with E-state index < -0.39 is 11.9 Å². The zero-order valence-corrected chi connectivity index (χ0v) is 14.7. The van der Waals surface area contributed by atoms with E-state index in [-0.39, 0.29) is 12.2 Å². The first-order chi connectivity index (χ1) is 11.9. The van der Waals surface area contributed by atoms with E-state index in [9.17, 15) is 9.59 Å². The molecule has 1 N–H and O–H groups in total. The summed E-state index contributed by atoms with van der Waals surface area (Å²) in [6.07, 6.45) is 0. The number of carbonyl (C=O) groups is 2. The number of amides is 1. The maximum atomic E-state index is 12.1. The van der Waals surface area contributed by atoms with E-state index in [1.807, 2.05) is 32.0 Å². The van der Waals surface area contributed by atoms with E-state index >= 15 is 0 Å². The maximum absolute atomic E-state index is 12.1. The Morgan fingerprint density at radius 1 is 0.880 bits per heavy atom. The molecule has 0 aliphatic rings. The Hall–Kier alpha value is -3.02. The van der Waals surface area contributed by atoms with Gasteiger partial charge in [-0.3, -0.25) is 4.79 Å². The van der Waals surface area contributed by atoms with E-state index in [1.54, 1.807) is 6.07 Å². The van der Waals surface area contributed by atoms with Crippen LogP contribution in [0, 0.1) is 13.8 Å². The Kier molecular flexibility index (Phi) is 6.00. The van der Waals surface area contributed by atoms with Crippen LogP contribution in [0.5, 0.6) is 11.5 Å². The fourth-order valence-corrected chi connectivity index (χ4v) is 2.38. The average Bonchev–Trinajstić information content (AvgIpc) is 2.58. The number of carbonyl (C=O) groups excluding carboxylic acids is 2. The molecule has 6 nitrogen and oxygen atoms in total. The number of methoxy groups -OCH3 is 2. The van der Waals surface area contributed by atoms with Crippen molar-refractivity contribution in [2.24, 2.45) is 0 Å². The number of benzene rings is 2. The lowest BCUT2D eigenvalue weighted by atomic mass is 10.1. The molecule has 6 heteroatoms. The monoisotopic (exact) mass is 343 g/mol. The first-order valence-electron chi connectivity index (χ1n) is 7.69. The van der Waals surface area contributed by atoms with Gasteiger partial charge in [0.2, 0.25) is 0 Å². The van der Waals surface area contributed by atoms with Crippen LogP contribution in [-0.2, 0) is 9.53 Å². The summed E-state index contributed by atoms with van der Waals surface area (Å²) >= 11 is 0. The molecule has 132 valence electrons. The third-order valence-electron chi connectivity index (χ3n) is 3.43. The standard InChI is InChI=1S/C19H21NO5/c1-12-5-13(2)7-15(6-12)20-18(21)11-25-19(22)14-8-16(23-3)10-17(9-14)24-4/h5-10H,11H2,1-4H3,(H,20,21). The zero-order chi connectivity index (χ0) is 18.4. The SMILES string of the molecule is COc1cc(OC)cc(C(=O)OCC(=O)Nc2cc(C)cc(C)c2)c1. The molecule has 0 unspecified atom stereocenters. The lowest BCUT2D eigenvalue weighted by molar-refractivity contribution is -0.119. The molecule has 0 spiro atoms. The van der Waals surface area contributed by atoms with E-state index in [0.29, 0.717) is 17.2 Å². The molecule has 0 fully saturated rings. The van der Waals surface area contributed by atoms with E-state index in [0.717, 1.165) is 11.1 Å². The molecule has 0 bridgehead atoms. The predicted molar refractivity (Wildman–Crippen MR) is 94.4 cm³/mol. The summed E-state index contributed by atoms with van der Waals surface area (Å²) in [5.74, 6) is -0.113. The summed E-state index contributed by atoms with van der Waals surface area (Å²) in [6, 6.07) is 10.4. The van der Waals surface area contributed by atoms with Gasteiger partial charge in [-0.1, -0.05) is 6.07 Å². The summed E-state index contributed by atoms with van der Waals surface area (Å²) < 4.78 is 15.3. The Morgan fingerprint density at radius 3 is 1.96 bits per heavy atom. The number of aryl methyl sites for hydroxylation is 2. The third kappa shape index (κ3) is 5.24. The van der Waals surface area contributed by atoms with Crippen LogP contribution in [-0.4, -0.2) is 32.7 Å². The Balaban J connectivity index is 1.98. The number of nitrogens with one attached hydrogen (secondary N) is 1. The molecule has 0 saturated carbocycles. The van der Waals surface area contributed by atoms with Crippen LogP contribution < -0.4 is 14.8 Å². The van der Waals surface area contributed by atoms with Crippen molar-refractivity contribution in [2.75, 3.05) is 26.1 Å². The Bertz CT molecular complexity index is 743. The minimum Gasteiger partial charge on any atom is -0.497 e. The van der Waals surface area contributed by atoms with Gasteiger partial charge in [-0.2, -0.15) is 0 Å². The highest BCUT2D eigenvalue weighted by atomic mass is 16.5.